The minimum atomic E-state index is -0.712. The summed E-state index contributed by atoms with van der Waals surface area (Å²) in [4.78, 5) is 56.3. The molecule has 11 heteroatoms. The van der Waals surface area contributed by atoms with E-state index in [1.807, 2.05) is 23.1 Å². The molecule has 0 spiro atoms. The zero-order valence-corrected chi connectivity index (χ0v) is 32.3. The average molecular weight is 770 g/mol. The third-order valence-corrected chi connectivity index (χ3v) is 12.3. The molecule has 3 atom stereocenters. The van der Waals surface area contributed by atoms with Crippen LogP contribution in [0.2, 0.25) is 0 Å². The number of ether oxygens (including phenoxy) is 1. The lowest BCUT2D eigenvalue weighted by Gasteiger charge is -2.39. The van der Waals surface area contributed by atoms with Crippen LogP contribution in [-0.4, -0.2) is 97.0 Å². The van der Waals surface area contributed by atoms with Crippen molar-refractivity contribution < 1.29 is 29.0 Å². The number of hydrogen-bond donors (Lipinski definition) is 3. The van der Waals surface area contributed by atoms with Crippen LogP contribution in [0.4, 0.5) is 5.69 Å². The molecular weight excluding hydrogens is 719 g/mol. The van der Waals surface area contributed by atoms with E-state index in [0.29, 0.717) is 43.3 Å². The van der Waals surface area contributed by atoms with Crippen LogP contribution >= 0.6 is 0 Å². The van der Waals surface area contributed by atoms with Gasteiger partial charge in [-0.3, -0.25) is 29.4 Å². The van der Waals surface area contributed by atoms with E-state index in [2.05, 4.69) is 81.1 Å². The minimum absolute atomic E-state index is 0.0389. The number of piperidine rings is 2. The van der Waals surface area contributed by atoms with Gasteiger partial charge in [-0.2, -0.15) is 0 Å². The number of aryl methyl sites for hydroxylation is 1. The molecule has 8 rings (SSSR count). The number of aromatic hydroxyl groups is 1. The van der Waals surface area contributed by atoms with Crippen molar-refractivity contribution in [3.63, 3.8) is 0 Å². The number of phenolic OH excluding ortho intramolecular Hbond substituents is 1. The van der Waals surface area contributed by atoms with Crippen molar-refractivity contribution in [1.29, 1.82) is 0 Å². The molecule has 4 aromatic rings. The highest BCUT2D eigenvalue weighted by molar-refractivity contribution is 6.03. The van der Waals surface area contributed by atoms with Gasteiger partial charge in [-0.15, -0.1) is 0 Å². The maximum atomic E-state index is 13.5. The van der Waals surface area contributed by atoms with Gasteiger partial charge >= 0.3 is 0 Å². The number of carbonyl (C=O) groups excluding carboxylic acids is 4. The lowest BCUT2D eigenvalue weighted by molar-refractivity contribution is -0.137. The van der Waals surface area contributed by atoms with Crippen molar-refractivity contribution in [2.75, 3.05) is 57.3 Å². The van der Waals surface area contributed by atoms with Crippen LogP contribution in [0.1, 0.15) is 76.6 Å². The number of benzene rings is 4. The van der Waals surface area contributed by atoms with E-state index >= 15 is 0 Å². The van der Waals surface area contributed by atoms with Crippen LogP contribution in [0.15, 0.2) is 97.1 Å². The van der Waals surface area contributed by atoms with E-state index in [4.69, 9.17) is 4.74 Å². The Labute approximate surface area is 334 Å². The molecule has 3 N–H and O–H groups in total. The summed E-state index contributed by atoms with van der Waals surface area (Å²) in [7, 11) is 0. The molecule has 3 saturated heterocycles. The van der Waals surface area contributed by atoms with Crippen molar-refractivity contribution in [2.45, 2.75) is 56.4 Å². The van der Waals surface area contributed by atoms with Crippen LogP contribution in [-0.2, 0) is 20.8 Å². The van der Waals surface area contributed by atoms with E-state index < -0.39 is 11.9 Å². The van der Waals surface area contributed by atoms with E-state index in [9.17, 15) is 24.3 Å². The average Bonchev–Trinajstić information content (AvgIpc) is 3.25. The molecule has 0 aromatic heterocycles. The monoisotopic (exact) mass is 769 g/mol. The lowest BCUT2D eigenvalue weighted by Crippen LogP contribution is -2.52. The van der Waals surface area contributed by atoms with E-state index in [-0.39, 0.29) is 36.0 Å². The first kappa shape index (κ1) is 38.2. The normalized spacial score (nSPS) is 21.7. The summed E-state index contributed by atoms with van der Waals surface area (Å²) >= 11 is 0. The highest BCUT2D eigenvalue weighted by atomic mass is 16.5. The third-order valence-electron chi connectivity index (χ3n) is 12.3. The highest BCUT2D eigenvalue weighted by Crippen LogP contribution is 2.47. The maximum Gasteiger partial charge on any atom is 0.251 e. The molecule has 3 aliphatic heterocycles. The first-order valence-corrected chi connectivity index (χ1v) is 20.4. The summed E-state index contributed by atoms with van der Waals surface area (Å²) in [5, 5.41) is 15.2. The number of nitrogens with zero attached hydrogens (tertiary/aromatic N) is 3. The predicted octanol–water partition coefficient (Wildman–Crippen LogP) is 5.23. The van der Waals surface area contributed by atoms with Gasteiger partial charge in [0.25, 0.3) is 5.91 Å². The standard InChI is InChI=1S/C46H51N5O6/c52-37-13-17-40-35(30-37)10-16-39(31-4-2-1-3-5-31)43(40)32-8-14-38(15-9-32)57-29-28-49-22-20-34(21-23-49)46(56)51-26-24-50(25-27-51)36-11-6-33(7-12-36)44(54)47-41-18-19-42(53)48-45(41)55/h1-9,11-15,17,30,34,39,41,43,52H,10,16,18-29H2,(H,47,54)(H,48,53,55)/t39-,41?,43+/m1/s1. The van der Waals surface area contributed by atoms with Gasteiger partial charge in [-0.1, -0.05) is 48.5 Å². The number of phenols is 1. The number of fused-ring (bicyclic) bond motifs is 1. The van der Waals surface area contributed by atoms with Gasteiger partial charge in [0, 0.05) is 62.2 Å². The van der Waals surface area contributed by atoms with Crippen LogP contribution in [0.5, 0.6) is 11.5 Å². The second kappa shape index (κ2) is 17.2. The van der Waals surface area contributed by atoms with Crippen molar-refractivity contribution >= 4 is 29.3 Å². The lowest BCUT2D eigenvalue weighted by atomic mass is 9.69. The quantitative estimate of drug-likeness (QED) is 0.187. The molecule has 4 aliphatic rings. The highest BCUT2D eigenvalue weighted by Gasteiger charge is 2.33. The second-order valence-electron chi connectivity index (χ2n) is 15.8. The number of rotatable bonds is 10. The summed E-state index contributed by atoms with van der Waals surface area (Å²) in [6, 6.07) is 31.7. The predicted molar refractivity (Wildman–Crippen MR) is 217 cm³/mol. The van der Waals surface area contributed by atoms with Crippen molar-refractivity contribution in [1.82, 2.24) is 20.4 Å². The number of nitrogens with one attached hydrogen (secondary N) is 2. The Morgan fingerprint density at radius 1 is 0.772 bits per heavy atom. The Balaban J connectivity index is 0.768. The fourth-order valence-corrected chi connectivity index (χ4v) is 9.08. The minimum Gasteiger partial charge on any atom is -0.508 e. The molecule has 0 radical (unpaired) electrons. The van der Waals surface area contributed by atoms with Crippen LogP contribution in [0.3, 0.4) is 0 Å². The SMILES string of the molecule is O=C1CCC(NC(=O)c2ccc(N3CCN(C(=O)C4CCN(CCOc5ccc([C@@H]6c7ccc(O)cc7CC[C@@H]6c6ccccc6)cc5)CC4)CC3)cc2)C(=O)N1. The number of amides is 4. The van der Waals surface area contributed by atoms with E-state index in [1.54, 1.807) is 18.2 Å². The molecule has 4 amide bonds. The van der Waals surface area contributed by atoms with Gasteiger partial charge < -0.3 is 25.0 Å². The topological polar surface area (TPSA) is 132 Å². The van der Waals surface area contributed by atoms with Gasteiger partial charge in [0.1, 0.15) is 24.1 Å². The molecule has 1 aliphatic carbocycles. The summed E-state index contributed by atoms with van der Waals surface area (Å²) < 4.78 is 6.22. The molecule has 4 aromatic carbocycles. The maximum absolute atomic E-state index is 13.5. The smallest absolute Gasteiger partial charge is 0.251 e. The van der Waals surface area contributed by atoms with Crippen molar-refractivity contribution in [3.05, 3.63) is 125 Å². The number of imide groups is 1. The van der Waals surface area contributed by atoms with Crippen molar-refractivity contribution in [3.8, 4) is 11.5 Å². The molecule has 11 nitrogen and oxygen atoms in total. The second-order valence-corrected chi connectivity index (χ2v) is 15.8. The molecule has 3 heterocycles. The third kappa shape index (κ3) is 8.83. The van der Waals surface area contributed by atoms with Gasteiger partial charge in [0.05, 0.1) is 0 Å². The summed E-state index contributed by atoms with van der Waals surface area (Å²) in [5.74, 6) is 0.885. The molecule has 3 fully saturated rings. The molecule has 57 heavy (non-hydrogen) atoms. The molecule has 1 unspecified atom stereocenters. The summed E-state index contributed by atoms with van der Waals surface area (Å²) in [6.07, 6.45) is 4.17. The number of carbonyl (C=O) groups is 4. The Hall–Kier alpha value is -5.68. The number of likely N-dealkylation sites (tertiary alicyclic amines) is 1. The van der Waals surface area contributed by atoms with Crippen LogP contribution < -0.4 is 20.3 Å². The fraction of sp³-hybridized carbons (Fsp3) is 0.391. The number of piperazine rings is 1. The molecule has 296 valence electrons. The number of hydrogen-bond acceptors (Lipinski definition) is 8. The molecular formula is C46H51N5O6. The first-order chi connectivity index (χ1) is 27.8. The van der Waals surface area contributed by atoms with Crippen molar-refractivity contribution in [2.24, 2.45) is 5.92 Å². The summed E-state index contributed by atoms with van der Waals surface area (Å²) in [5.41, 5.74) is 6.54. The molecule has 0 saturated carbocycles. The van der Waals surface area contributed by atoms with Gasteiger partial charge in [-0.25, -0.2) is 0 Å². The first-order valence-electron chi connectivity index (χ1n) is 20.4. The Morgan fingerprint density at radius 3 is 2.23 bits per heavy atom. The molecule has 0 bridgehead atoms. The van der Waals surface area contributed by atoms with Gasteiger partial charge in [0.2, 0.25) is 17.7 Å². The van der Waals surface area contributed by atoms with E-state index in [1.165, 1.54) is 22.3 Å². The Kier molecular flexibility index (Phi) is 11.5. The van der Waals surface area contributed by atoms with Gasteiger partial charge in [-0.05, 0) is 122 Å². The summed E-state index contributed by atoms with van der Waals surface area (Å²) in [6.45, 7) is 5.91. The van der Waals surface area contributed by atoms with Crippen LogP contribution in [0.25, 0.3) is 0 Å². The van der Waals surface area contributed by atoms with Crippen LogP contribution in [0, 0.1) is 5.92 Å². The number of anilines is 1. The Bertz CT molecular complexity index is 2060. The fourth-order valence-electron chi connectivity index (χ4n) is 9.08. The Morgan fingerprint density at radius 2 is 1.51 bits per heavy atom. The van der Waals surface area contributed by atoms with E-state index in [0.717, 1.165) is 69.8 Å². The van der Waals surface area contributed by atoms with Gasteiger partial charge in [0.15, 0.2) is 0 Å². The zero-order chi connectivity index (χ0) is 39.3. The zero-order valence-electron chi connectivity index (χ0n) is 32.3. The largest absolute Gasteiger partial charge is 0.508 e.